The molecule has 1 aliphatic carbocycles. The number of carbonyl (C=O) groups excluding carboxylic acids is 2. The molecule has 2 fully saturated rings. The highest BCUT2D eigenvalue weighted by Crippen LogP contribution is 2.28. The van der Waals surface area contributed by atoms with Crippen molar-refractivity contribution in [2.75, 3.05) is 50.1 Å². The van der Waals surface area contributed by atoms with Crippen molar-refractivity contribution in [3.63, 3.8) is 0 Å². The SMILES string of the molecule is COCC(=O)Nc1ccc(N2CCN(C(=O)CCC3CCCC3)CC2)nc1. The van der Waals surface area contributed by atoms with E-state index < -0.39 is 0 Å². The molecule has 0 aromatic carbocycles. The van der Waals surface area contributed by atoms with Gasteiger partial charge in [0, 0.05) is 39.7 Å². The van der Waals surface area contributed by atoms with E-state index in [-0.39, 0.29) is 12.5 Å². The van der Waals surface area contributed by atoms with E-state index in [1.165, 1.54) is 32.8 Å². The molecule has 0 radical (unpaired) electrons. The fraction of sp³-hybridized carbons (Fsp3) is 0.650. The molecule has 2 aliphatic rings. The maximum Gasteiger partial charge on any atom is 0.250 e. The Balaban J connectivity index is 1.43. The van der Waals surface area contributed by atoms with Crippen LogP contribution in [-0.4, -0.2) is 61.6 Å². The van der Waals surface area contributed by atoms with E-state index in [0.29, 0.717) is 18.0 Å². The number of ether oxygens (including phenoxy) is 1. The van der Waals surface area contributed by atoms with Crippen molar-refractivity contribution in [2.24, 2.45) is 5.92 Å². The van der Waals surface area contributed by atoms with E-state index in [1.807, 2.05) is 17.0 Å². The number of hydrogen-bond acceptors (Lipinski definition) is 5. The van der Waals surface area contributed by atoms with Gasteiger partial charge < -0.3 is 19.9 Å². The van der Waals surface area contributed by atoms with Crippen LogP contribution in [0.15, 0.2) is 18.3 Å². The number of nitrogens with zero attached hydrogens (tertiary/aromatic N) is 3. The Morgan fingerprint density at radius 3 is 2.56 bits per heavy atom. The number of rotatable bonds is 7. The van der Waals surface area contributed by atoms with Crippen LogP contribution in [-0.2, 0) is 14.3 Å². The third kappa shape index (κ3) is 5.66. The van der Waals surface area contributed by atoms with Crippen LogP contribution < -0.4 is 10.2 Å². The summed E-state index contributed by atoms with van der Waals surface area (Å²) in [5, 5.41) is 2.73. The van der Waals surface area contributed by atoms with Gasteiger partial charge in [-0.05, 0) is 24.5 Å². The molecule has 7 nitrogen and oxygen atoms in total. The molecular weight excluding hydrogens is 344 g/mol. The monoisotopic (exact) mass is 374 g/mol. The molecule has 1 N–H and O–H groups in total. The molecule has 0 bridgehead atoms. The summed E-state index contributed by atoms with van der Waals surface area (Å²) in [5.74, 6) is 1.74. The van der Waals surface area contributed by atoms with E-state index in [9.17, 15) is 9.59 Å². The van der Waals surface area contributed by atoms with Crippen molar-refractivity contribution in [2.45, 2.75) is 38.5 Å². The Morgan fingerprint density at radius 1 is 1.19 bits per heavy atom. The number of pyridine rings is 1. The minimum atomic E-state index is -0.197. The number of amides is 2. The molecule has 7 heteroatoms. The van der Waals surface area contributed by atoms with Gasteiger partial charge in [-0.1, -0.05) is 25.7 Å². The third-order valence-corrected chi connectivity index (χ3v) is 5.50. The maximum atomic E-state index is 12.4. The first-order chi connectivity index (χ1) is 13.2. The first-order valence-corrected chi connectivity index (χ1v) is 9.93. The number of piperazine rings is 1. The molecule has 27 heavy (non-hydrogen) atoms. The fourth-order valence-corrected chi connectivity index (χ4v) is 3.94. The van der Waals surface area contributed by atoms with Crippen LogP contribution in [0.3, 0.4) is 0 Å². The highest BCUT2D eigenvalue weighted by molar-refractivity contribution is 5.91. The summed E-state index contributed by atoms with van der Waals surface area (Å²) in [7, 11) is 1.49. The predicted molar refractivity (Wildman–Crippen MR) is 105 cm³/mol. The van der Waals surface area contributed by atoms with Gasteiger partial charge in [0.05, 0.1) is 11.9 Å². The van der Waals surface area contributed by atoms with Gasteiger partial charge >= 0.3 is 0 Å². The van der Waals surface area contributed by atoms with Gasteiger partial charge in [0.15, 0.2) is 0 Å². The minimum Gasteiger partial charge on any atom is -0.375 e. The third-order valence-electron chi connectivity index (χ3n) is 5.50. The summed E-state index contributed by atoms with van der Waals surface area (Å²) < 4.78 is 4.80. The highest BCUT2D eigenvalue weighted by atomic mass is 16.5. The molecule has 0 unspecified atom stereocenters. The van der Waals surface area contributed by atoms with Crippen LogP contribution in [0.4, 0.5) is 11.5 Å². The summed E-state index contributed by atoms with van der Waals surface area (Å²) in [5.41, 5.74) is 0.654. The average Bonchev–Trinajstić information content (AvgIpc) is 3.21. The Bertz CT molecular complexity index is 621. The van der Waals surface area contributed by atoms with Gasteiger partial charge in [0.1, 0.15) is 12.4 Å². The van der Waals surface area contributed by atoms with E-state index >= 15 is 0 Å². The molecule has 2 heterocycles. The van der Waals surface area contributed by atoms with E-state index in [0.717, 1.165) is 44.3 Å². The Labute approximate surface area is 161 Å². The second-order valence-corrected chi connectivity index (χ2v) is 7.44. The maximum absolute atomic E-state index is 12.4. The number of nitrogens with one attached hydrogen (secondary N) is 1. The number of hydrogen-bond donors (Lipinski definition) is 1. The molecule has 1 aliphatic heterocycles. The molecule has 0 atom stereocenters. The minimum absolute atomic E-state index is 0.0263. The number of aromatic nitrogens is 1. The highest BCUT2D eigenvalue weighted by Gasteiger charge is 2.23. The normalized spacial score (nSPS) is 18.0. The number of anilines is 2. The molecule has 2 amide bonds. The van der Waals surface area contributed by atoms with Gasteiger partial charge in [-0.25, -0.2) is 4.98 Å². The number of methoxy groups -OCH3 is 1. The lowest BCUT2D eigenvalue weighted by atomic mass is 10.0. The molecular formula is C20H30N4O3. The van der Waals surface area contributed by atoms with Crippen molar-refractivity contribution in [1.29, 1.82) is 0 Å². The Hall–Kier alpha value is -2.15. The van der Waals surface area contributed by atoms with Crippen LogP contribution in [0.5, 0.6) is 0 Å². The topological polar surface area (TPSA) is 74.8 Å². The molecule has 1 saturated carbocycles. The van der Waals surface area contributed by atoms with Crippen molar-refractivity contribution in [1.82, 2.24) is 9.88 Å². The van der Waals surface area contributed by atoms with Crippen molar-refractivity contribution >= 4 is 23.3 Å². The van der Waals surface area contributed by atoms with Gasteiger partial charge in [-0.3, -0.25) is 9.59 Å². The second kappa shape index (κ2) is 9.69. The Morgan fingerprint density at radius 2 is 1.93 bits per heavy atom. The van der Waals surface area contributed by atoms with Crippen LogP contribution in [0.2, 0.25) is 0 Å². The zero-order chi connectivity index (χ0) is 19.1. The summed E-state index contributed by atoms with van der Waals surface area (Å²) in [6.45, 7) is 3.10. The van der Waals surface area contributed by atoms with E-state index in [4.69, 9.17) is 4.74 Å². The lowest BCUT2D eigenvalue weighted by Gasteiger charge is -2.35. The van der Waals surface area contributed by atoms with Crippen LogP contribution >= 0.6 is 0 Å². The largest absolute Gasteiger partial charge is 0.375 e. The predicted octanol–water partition coefficient (Wildman–Crippen LogP) is 2.29. The quantitative estimate of drug-likeness (QED) is 0.793. The fourth-order valence-electron chi connectivity index (χ4n) is 3.94. The second-order valence-electron chi connectivity index (χ2n) is 7.44. The first-order valence-electron chi connectivity index (χ1n) is 9.93. The Kier molecular flexibility index (Phi) is 7.04. The van der Waals surface area contributed by atoms with Crippen molar-refractivity contribution in [3.8, 4) is 0 Å². The average molecular weight is 374 g/mol. The lowest BCUT2D eigenvalue weighted by molar-refractivity contribution is -0.131. The molecule has 0 spiro atoms. The zero-order valence-corrected chi connectivity index (χ0v) is 16.2. The zero-order valence-electron chi connectivity index (χ0n) is 16.2. The summed E-state index contributed by atoms with van der Waals surface area (Å²) in [4.78, 5) is 32.6. The van der Waals surface area contributed by atoms with E-state index in [1.54, 1.807) is 6.20 Å². The molecule has 1 saturated heterocycles. The van der Waals surface area contributed by atoms with Gasteiger partial charge in [-0.15, -0.1) is 0 Å². The van der Waals surface area contributed by atoms with Crippen LogP contribution in [0, 0.1) is 5.92 Å². The van der Waals surface area contributed by atoms with Gasteiger partial charge in [-0.2, -0.15) is 0 Å². The lowest BCUT2D eigenvalue weighted by Crippen LogP contribution is -2.49. The summed E-state index contributed by atoms with van der Waals surface area (Å²) >= 11 is 0. The molecule has 3 rings (SSSR count). The van der Waals surface area contributed by atoms with Crippen LogP contribution in [0.1, 0.15) is 38.5 Å². The summed E-state index contributed by atoms with van der Waals surface area (Å²) in [6, 6.07) is 3.75. The summed E-state index contributed by atoms with van der Waals surface area (Å²) in [6.07, 6.45) is 8.67. The van der Waals surface area contributed by atoms with Crippen molar-refractivity contribution < 1.29 is 14.3 Å². The van der Waals surface area contributed by atoms with Crippen molar-refractivity contribution in [3.05, 3.63) is 18.3 Å². The van der Waals surface area contributed by atoms with Crippen LogP contribution in [0.25, 0.3) is 0 Å². The molecule has 1 aromatic heterocycles. The standard InChI is InChI=1S/C20H30N4O3/c1-27-15-19(25)22-17-7-8-18(21-14-17)23-10-12-24(13-11-23)20(26)9-6-16-4-2-3-5-16/h7-8,14,16H,2-6,9-13,15H2,1H3,(H,22,25). The van der Waals surface area contributed by atoms with Gasteiger partial charge in [0.2, 0.25) is 11.8 Å². The van der Waals surface area contributed by atoms with E-state index in [2.05, 4.69) is 15.2 Å². The number of carbonyl (C=O) groups is 2. The first kappa shape index (κ1) is 19.6. The molecule has 148 valence electrons. The smallest absolute Gasteiger partial charge is 0.250 e. The van der Waals surface area contributed by atoms with Gasteiger partial charge in [0.25, 0.3) is 0 Å². The molecule has 1 aromatic rings.